The highest BCUT2D eigenvalue weighted by Crippen LogP contribution is 2.62. The number of hydrogen-bond acceptors (Lipinski definition) is 10. The van der Waals surface area contributed by atoms with Crippen LogP contribution >= 0.6 is 0 Å². The summed E-state index contributed by atoms with van der Waals surface area (Å²) in [4.78, 5) is 60.8. The lowest BCUT2D eigenvalue weighted by molar-refractivity contribution is -0.136. The van der Waals surface area contributed by atoms with E-state index in [2.05, 4.69) is 0 Å². The van der Waals surface area contributed by atoms with Gasteiger partial charge in [-0.25, -0.2) is 28.6 Å². The third-order valence-corrected chi connectivity index (χ3v) is 10.4. The second-order valence-electron chi connectivity index (χ2n) is 12.7. The number of rotatable bonds is 8. The minimum atomic E-state index is -1.27. The number of carbonyl (C=O) groups excluding carboxylic acids is 4. The number of fused-ring (bicyclic) bond motifs is 5. The number of nitrogens with zero attached hydrogens (tertiary/aromatic N) is 4. The number of hydrogen-bond donors (Lipinski definition) is 0. The van der Waals surface area contributed by atoms with Crippen LogP contribution in [0.3, 0.4) is 0 Å². The van der Waals surface area contributed by atoms with Crippen LogP contribution in [0.1, 0.15) is 23.2 Å². The minimum Gasteiger partial charge on any atom is -0.493 e. The summed E-state index contributed by atoms with van der Waals surface area (Å²) in [5.41, 5.74) is 0.879. The molecule has 4 amide bonds. The van der Waals surface area contributed by atoms with E-state index < -0.39 is 71.3 Å². The first kappa shape index (κ1) is 33.3. The van der Waals surface area contributed by atoms with Gasteiger partial charge < -0.3 is 18.9 Å². The van der Waals surface area contributed by atoms with Crippen molar-refractivity contribution in [2.75, 3.05) is 38.2 Å². The maximum Gasteiger partial charge on any atom is 0.253 e. The smallest absolute Gasteiger partial charge is 0.253 e. The quantitative estimate of drug-likeness (QED) is 0.243. The van der Waals surface area contributed by atoms with E-state index in [1.807, 2.05) is 0 Å². The van der Waals surface area contributed by atoms with E-state index in [1.54, 1.807) is 46.4 Å². The number of benzene rings is 4. The summed E-state index contributed by atoms with van der Waals surface area (Å²) < 4.78 is 52.0. The van der Waals surface area contributed by atoms with Crippen LogP contribution in [0.2, 0.25) is 0 Å². The van der Waals surface area contributed by atoms with Gasteiger partial charge in [0.25, 0.3) is 11.8 Å². The topological polar surface area (TPSA) is 118 Å². The molecule has 6 atom stereocenters. The molecule has 0 unspecified atom stereocenters. The minimum absolute atomic E-state index is 0.0339. The molecular formula is C38H32F2N4O8. The maximum atomic E-state index is 14.7. The van der Waals surface area contributed by atoms with Crippen molar-refractivity contribution in [1.29, 1.82) is 0 Å². The molecule has 266 valence electrons. The number of anilines is 2. The third kappa shape index (κ3) is 4.57. The van der Waals surface area contributed by atoms with E-state index in [9.17, 15) is 28.0 Å². The number of halogens is 2. The number of amides is 4. The fourth-order valence-corrected chi connectivity index (χ4v) is 8.48. The molecule has 0 bridgehead atoms. The lowest BCUT2D eigenvalue weighted by atomic mass is 9.83. The van der Waals surface area contributed by atoms with Gasteiger partial charge in [0, 0.05) is 11.1 Å². The Morgan fingerprint density at radius 1 is 0.481 bits per heavy atom. The highest BCUT2D eigenvalue weighted by molar-refractivity contribution is 6.26. The lowest BCUT2D eigenvalue weighted by Gasteiger charge is -2.36. The number of para-hydroxylation sites is 2. The van der Waals surface area contributed by atoms with Crippen LogP contribution in [0.4, 0.5) is 20.2 Å². The van der Waals surface area contributed by atoms with Crippen molar-refractivity contribution in [3.8, 4) is 23.0 Å². The SMILES string of the molecule is COc1cccc([C@@H]2[C@@H]3C(=O)N(c4cccc(F)c4)C(=O)[C@@H]3N3[C@H](c4cccc(OC)c4OC)[C@H]4C(=O)N(c5cccc(F)c5)C(=O)[C@H]4N23)c1OC. The Morgan fingerprint density at radius 3 is 1.21 bits per heavy atom. The molecular weight excluding hydrogens is 678 g/mol. The summed E-state index contributed by atoms with van der Waals surface area (Å²) in [5.74, 6) is -5.14. The second-order valence-corrected chi connectivity index (χ2v) is 12.7. The van der Waals surface area contributed by atoms with Crippen LogP contribution < -0.4 is 28.7 Å². The van der Waals surface area contributed by atoms with Crippen LogP contribution in [0, 0.1) is 23.5 Å². The third-order valence-electron chi connectivity index (χ3n) is 10.4. The van der Waals surface area contributed by atoms with Gasteiger partial charge in [-0.05, 0) is 48.5 Å². The van der Waals surface area contributed by atoms with E-state index >= 15 is 0 Å². The molecule has 4 heterocycles. The van der Waals surface area contributed by atoms with Crippen molar-refractivity contribution in [1.82, 2.24) is 10.0 Å². The van der Waals surface area contributed by atoms with Gasteiger partial charge >= 0.3 is 0 Å². The van der Waals surface area contributed by atoms with Crippen LogP contribution in [0.5, 0.6) is 23.0 Å². The van der Waals surface area contributed by atoms with Crippen molar-refractivity contribution < 1.29 is 46.9 Å². The lowest BCUT2D eigenvalue weighted by Crippen LogP contribution is -2.50. The fourth-order valence-electron chi connectivity index (χ4n) is 8.48. The maximum absolute atomic E-state index is 14.7. The molecule has 4 aliphatic rings. The molecule has 4 aromatic carbocycles. The number of hydrazine groups is 1. The van der Waals surface area contributed by atoms with E-state index in [0.29, 0.717) is 22.6 Å². The van der Waals surface area contributed by atoms with E-state index in [4.69, 9.17) is 18.9 Å². The van der Waals surface area contributed by atoms with Crippen molar-refractivity contribution >= 4 is 35.0 Å². The molecule has 12 nitrogen and oxygen atoms in total. The van der Waals surface area contributed by atoms with Crippen LogP contribution in [-0.2, 0) is 19.2 Å². The predicted octanol–water partition coefficient (Wildman–Crippen LogP) is 4.44. The Labute approximate surface area is 296 Å². The van der Waals surface area contributed by atoms with Gasteiger partial charge in [-0.15, -0.1) is 0 Å². The van der Waals surface area contributed by atoms with E-state index in [1.165, 1.54) is 64.8 Å². The average Bonchev–Trinajstić information content (AvgIpc) is 3.81. The monoisotopic (exact) mass is 710 g/mol. The molecule has 0 spiro atoms. The van der Waals surface area contributed by atoms with Crippen LogP contribution in [0.15, 0.2) is 84.9 Å². The van der Waals surface area contributed by atoms with Gasteiger partial charge in [-0.3, -0.25) is 19.2 Å². The van der Waals surface area contributed by atoms with Crippen LogP contribution in [0.25, 0.3) is 0 Å². The van der Waals surface area contributed by atoms with Gasteiger partial charge in [0.2, 0.25) is 11.8 Å². The summed E-state index contributed by atoms with van der Waals surface area (Å²) in [7, 11) is 5.76. The molecule has 0 aliphatic carbocycles. The molecule has 14 heteroatoms. The Kier molecular flexibility index (Phi) is 7.95. The highest BCUT2D eigenvalue weighted by Gasteiger charge is 2.74. The number of methoxy groups -OCH3 is 4. The Bertz CT molecular complexity index is 2010. The summed E-state index contributed by atoms with van der Waals surface area (Å²) >= 11 is 0. The summed E-state index contributed by atoms with van der Waals surface area (Å²) in [6, 6.07) is 15.7. The summed E-state index contributed by atoms with van der Waals surface area (Å²) in [6.07, 6.45) is 0. The molecule has 0 radical (unpaired) electrons. The molecule has 0 saturated carbocycles. The standard InChI is InChI=1S/C38H32F2N4O8/c1-49-25-15-7-13-23(33(25)51-3)29-27-31(37(47)41(35(27)45)21-11-5-9-19(39)17-21)44-30(24-14-8-16-26(50-2)34(24)52-4)28-32(43(29)44)38(48)42(36(28)46)22-12-6-10-20(40)18-22/h5-18,27-32H,1-4H3/t27-,28+,29-,30-,31+,32-/m1/s1. The number of ether oxygens (including phenoxy) is 4. The highest BCUT2D eigenvalue weighted by atomic mass is 19.1. The first-order valence-electron chi connectivity index (χ1n) is 16.4. The van der Waals surface area contributed by atoms with Gasteiger partial charge in [-0.2, -0.15) is 0 Å². The Hall–Kier alpha value is -5.86. The van der Waals surface area contributed by atoms with Crippen molar-refractivity contribution in [2.24, 2.45) is 11.8 Å². The molecule has 4 fully saturated rings. The molecule has 4 aromatic rings. The van der Waals surface area contributed by atoms with Gasteiger partial charge in [-0.1, -0.05) is 36.4 Å². The van der Waals surface area contributed by atoms with Gasteiger partial charge in [0.1, 0.15) is 23.7 Å². The van der Waals surface area contributed by atoms with Gasteiger partial charge in [0.05, 0.1) is 63.7 Å². The molecule has 4 saturated heterocycles. The predicted molar refractivity (Wildman–Crippen MR) is 181 cm³/mol. The fraction of sp³-hybridized carbons (Fsp3) is 0.263. The zero-order chi connectivity index (χ0) is 36.6. The average molecular weight is 711 g/mol. The normalized spacial score (nSPS) is 25.4. The van der Waals surface area contributed by atoms with Crippen molar-refractivity contribution in [2.45, 2.75) is 24.2 Å². The zero-order valence-corrected chi connectivity index (χ0v) is 28.4. The first-order chi connectivity index (χ1) is 25.2. The summed E-state index contributed by atoms with van der Waals surface area (Å²) in [5, 5.41) is 3.25. The Morgan fingerprint density at radius 2 is 0.865 bits per heavy atom. The first-order valence-corrected chi connectivity index (χ1v) is 16.4. The van der Waals surface area contributed by atoms with E-state index in [0.717, 1.165) is 21.9 Å². The number of carbonyl (C=O) groups is 4. The van der Waals surface area contributed by atoms with Gasteiger partial charge in [0.15, 0.2) is 23.0 Å². The molecule has 8 rings (SSSR count). The Balaban J connectivity index is 1.40. The van der Waals surface area contributed by atoms with Crippen molar-refractivity contribution in [3.05, 3.63) is 108 Å². The summed E-state index contributed by atoms with van der Waals surface area (Å²) in [6.45, 7) is 0. The molecule has 0 N–H and O–H groups in total. The van der Waals surface area contributed by atoms with Crippen LogP contribution in [-0.4, -0.2) is 74.2 Å². The van der Waals surface area contributed by atoms with E-state index in [-0.39, 0.29) is 22.9 Å². The molecule has 52 heavy (non-hydrogen) atoms. The molecule has 0 aromatic heterocycles. The molecule has 4 aliphatic heterocycles. The van der Waals surface area contributed by atoms with Crippen molar-refractivity contribution in [3.63, 3.8) is 0 Å². The zero-order valence-electron chi connectivity index (χ0n) is 28.4. The number of imide groups is 2. The second kappa shape index (κ2) is 12.4. The largest absolute Gasteiger partial charge is 0.493 e.